The molecule has 0 aliphatic rings. The first-order valence-electron chi connectivity index (χ1n) is 6.10. The van der Waals surface area contributed by atoms with Gasteiger partial charge < -0.3 is 4.74 Å². The predicted octanol–water partition coefficient (Wildman–Crippen LogP) is 3.94. The van der Waals surface area contributed by atoms with Gasteiger partial charge in [0.25, 0.3) is 0 Å². The van der Waals surface area contributed by atoms with Crippen molar-refractivity contribution in [1.29, 1.82) is 0 Å². The van der Waals surface area contributed by atoms with Crippen molar-refractivity contribution in [2.45, 2.75) is 38.8 Å². The van der Waals surface area contributed by atoms with Gasteiger partial charge in [-0.3, -0.25) is 4.79 Å². The van der Waals surface area contributed by atoms with Crippen molar-refractivity contribution in [1.82, 2.24) is 0 Å². The third-order valence-corrected chi connectivity index (χ3v) is 3.28. The highest BCUT2D eigenvalue weighted by molar-refractivity contribution is 5.82. The molecular formula is C14H17F3O2. The summed E-state index contributed by atoms with van der Waals surface area (Å²) in [5.41, 5.74) is -1.11. The van der Waals surface area contributed by atoms with Crippen molar-refractivity contribution < 1.29 is 22.7 Å². The van der Waals surface area contributed by atoms with Gasteiger partial charge in [-0.2, -0.15) is 13.2 Å². The lowest BCUT2D eigenvalue weighted by Crippen LogP contribution is -2.33. The van der Waals surface area contributed by atoms with Gasteiger partial charge in [-0.15, -0.1) is 0 Å². The second-order valence-corrected chi connectivity index (χ2v) is 4.48. The Morgan fingerprint density at radius 2 is 1.58 bits per heavy atom. The molecular weight excluding hydrogens is 257 g/mol. The van der Waals surface area contributed by atoms with Crippen LogP contribution in [0.1, 0.15) is 38.3 Å². The summed E-state index contributed by atoms with van der Waals surface area (Å²) in [5, 5.41) is 0. The van der Waals surface area contributed by atoms with Gasteiger partial charge in [-0.25, -0.2) is 0 Å². The summed E-state index contributed by atoms with van der Waals surface area (Å²) in [6.07, 6.45) is -3.91. The van der Waals surface area contributed by atoms with Gasteiger partial charge >= 0.3 is 12.1 Å². The summed E-state index contributed by atoms with van der Waals surface area (Å²) in [4.78, 5) is 11.9. The Bertz CT molecular complexity index is 437. The molecule has 1 aromatic rings. The van der Waals surface area contributed by atoms with Crippen LogP contribution in [0.25, 0.3) is 0 Å². The van der Waals surface area contributed by atoms with Crippen LogP contribution in [0.15, 0.2) is 24.3 Å². The van der Waals surface area contributed by atoms with E-state index in [0.29, 0.717) is 12.0 Å². The molecule has 0 aliphatic carbocycles. The Balaban J connectivity index is 3.10. The van der Waals surface area contributed by atoms with Gasteiger partial charge in [-0.05, 0) is 38.0 Å². The highest BCUT2D eigenvalue weighted by Gasteiger charge is 2.36. The zero-order chi connectivity index (χ0) is 14.7. The molecule has 1 rings (SSSR count). The normalized spacial score (nSPS) is 14.8. The zero-order valence-electron chi connectivity index (χ0n) is 11.2. The van der Waals surface area contributed by atoms with E-state index in [2.05, 4.69) is 0 Å². The topological polar surface area (TPSA) is 26.3 Å². The molecule has 2 nitrogen and oxygen atoms in total. The molecule has 0 saturated carbocycles. The maximum Gasteiger partial charge on any atom is 0.416 e. The maximum atomic E-state index is 12.5. The largest absolute Gasteiger partial charge is 0.465 e. The third kappa shape index (κ3) is 3.28. The molecule has 0 bridgehead atoms. The minimum absolute atomic E-state index is 0.245. The lowest BCUT2D eigenvalue weighted by Gasteiger charge is -2.26. The quantitative estimate of drug-likeness (QED) is 0.777. The highest BCUT2D eigenvalue weighted by Crippen LogP contribution is 2.33. The first-order valence-corrected chi connectivity index (χ1v) is 6.10. The van der Waals surface area contributed by atoms with E-state index >= 15 is 0 Å². The molecule has 19 heavy (non-hydrogen) atoms. The average molecular weight is 274 g/mol. The molecule has 0 heterocycles. The fraction of sp³-hybridized carbons (Fsp3) is 0.500. The SMILES string of the molecule is CCOC(=O)C(C)(CC)c1ccc(C(F)(F)F)cc1. The van der Waals surface area contributed by atoms with Crippen LogP contribution in [-0.4, -0.2) is 12.6 Å². The second kappa shape index (κ2) is 5.63. The Kier molecular flexibility index (Phi) is 4.61. The van der Waals surface area contributed by atoms with Crippen LogP contribution in [0.5, 0.6) is 0 Å². The van der Waals surface area contributed by atoms with Crippen LogP contribution in [0.2, 0.25) is 0 Å². The van der Waals surface area contributed by atoms with Crippen LogP contribution in [0, 0.1) is 0 Å². The Morgan fingerprint density at radius 3 is 1.95 bits per heavy atom. The molecule has 0 radical (unpaired) electrons. The minimum Gasteiger partial charge on any atom is -0.465 e. The van der Waals surface area contributed by atoms with Crippen molar-refractivity contribution in [3.8, 4) is 0 Å². The fourth-order valence-electron chi connectivity index (χ4n) is 1.78. The van der Waals surface area contributed by atoms with Crippen LogP contribution in [-0.2, 0) is 21.1 Å². The number of carbonyl (C=O) groups is 1. The van der Waals surface area contributed by atoms with E-state index in [1.54, 1.807) is 20.8 Å². The number of alkyl halides is 3. The van der Waals surface area contributed by atoms with E-state index in [0.717, 1.165) is 12.1 Å². The Labute approximate surface area is 110 Å². The first kappa shape index (κ1) is 15.5. The molecule has 0 N–H and O–H groups in total. The molecule has 0 spiro atoms. The fourth-order valence-corrected chi connectivity index (χ4v) is 1.78. The zero-order valence-corrected chi connectivity index (χ0v) is 11.2. The number of hydrogen-bond acceptors (Lipinski definition) is 2. The van der Waals surface area contributed by atoms with Gasteiger partial charge in [-0.1, -0.05) is 19.1 Å². The first-order chi connectivity index (χ1) is 8.75. The predicted molar refractivity (Wildman–Crippen MR) is 65.7 cm³/mol. The van der Waals surface area contributed by atoms with E-state index < -0.39 is 23.1 Å². The summed E-state index contributed by atoms with van der Waals surface area (Å²) >= 11 is 0. The lowest BCUT2D eigenvalue weighted by atomic mass is 9.80. The standard InChI is InChI=1S/C14H17F3O2/c1-4-13(3,12(18)19-5-2)10-6-8-11(9-7-10)14(15,16)17/h6-9H,4-5H2,1-3H3. The van der Waals surface area contributed by atoms with E-state index in [4.69, 9.17) is 4.74 Å². The molecule has 0 aromatic heterocycles. The molecule has 0 amide bonds. The monoisotopic (exact) mass is 274 g/mol. The van der Waals surface area contributed by atoms with Crippen molar-refractivity contribution in [2.24, 2.45) is 0 Å². The number of esters is 1. The van der Waals surface area contributed by atoms with E-state index in [1.807, 2.05) is 0 Å². The number of halogens is 3. The Hall–Kier alpha value is -1.52. The van der Waals surface area contributed by atoms with Crippen molar-refractivity contribution in [3.05, 3.63) is 35.4 Å². The van der Waals surface area contributed by atoms with Gasteiger partial charge in [0.15, 0.2) is 0 Å². The number of benzene rings is 1. The molecule has 1 aromatic carbocycles. The second-order valence-electron chi connectivity index (χ2n) is 4.48. The van der Waals surface area contributed by atoms with Crippen LogP contribution in [0.3, 0.4) is 0 Å². The van der Waals surface area contributed by atoms with Gasteiger partial charge in [0.2, 0.25) is 0 Å². The third-order valence-electron chi connectivity index (χ3n) is 3.28. The van der Waals surface area contributed by atoms with Gasteiger partial charge in [0.05, 0.1) is 17.6 Å². The molecule has 0 fully saturated rings. The maximum absolute atomic E-state index is 12.5. The molecule has 5 heteroatoms. The minimum atomic E-state index is -4.37. The summed E-state index contributed by atoms with van der Waals surface area (Å²) in [5.74, 6) is -0.419. The van der Waals surface area contributed by atoms with Crippen LogP contribution < -0.4 is 0 Å². The van der Waals surface area contributed by atoms with Crippen LogP contribution in [0.4, 0.5) is 13.2 Å². The number of hydrogen-bond donors (Lipinski definition) is 0. The van der Waals surface area contributed by atoms with Crippen molar-refractivity contribution in [3.63, 3.8) is 0 Å². The van der Waals surface area contributed by atoms with E-state index in [9.17, 15) is 18.0 Å². The average Bonchev–Trinajstić information content (AvgIpc) is 2.37. The molecule has 1 unspecified atom stereocenters. The highest BCUT2D eigenvalue weighted by atomic mass is 19.4. The summed E-state index contributed by atoms with van der Waals surface area (Å²) < 4.78 is 42.4. The summed E-state index contributed by atoms with van der Waals surface area (Å²) in [6, 6.07) is 4.65. The van der Waals surface area contributed by atoms with E-state index in [1.165, 1.54) is 12.1 Å². The lowest BCUT2D eigenvalue weighted by molar-refractivity contribution is -0.149. The van der Waals surface area contributed by atoms with Crippen molar-refractivity contribution in [2.75, 3.05) is 6.61 Å². The number of carbonyl (C=O) groups excluding carboxylic acids is 1. The molecule has 0 saturated heterocycles. The molecule has 0 aliphatic heterocycles. The summed E-state index contributed by atoms with van der Waals surface area (Å²) in [6.45, 7) is 5.41. The van der Waals surface area contributed by atoms with Gasteiger partial charge in [0.1, 0.15) is 0 Å². The van der Waals surface area contributed by atoms with Gasteiger partial charge in [0, 0.05) is 0 Å². The smallest absolute Gasteiger partial charge is 0.416 e. The summed E-state index contributed by atoms with van der Waals surface area (Å²) in [7, 11) is 0. The van der Waals surface area contributed by atoms with E-state index in [-0.39, 0.29) is 6.61 Å². The number of ether oxygens (including phenoxy) is 1. The molecule has 1 atom stereocenters. The molecule has 106 valence electrons. The van der Waals surface area contributed by atoms with Crippen molar-refractivity contribution >= 4 is 5.97 Å². The Morgan fingerprint density at radius 1 is 1.11 bits per heavy atom. The number of rotatable bonds is 4. The van der Waals surface area contributed by atoms with Crippen LogP contribution >= 0.6 is 0 Å².